The predicted octanol–water partition coefficient (Wildman–Crippen LogP) is 3.01. The zero-order valence-corrected chi connectivity index (χ0v) is 14.5. The molecule has 0 saturated heterocycles. The molecular weight excluding hydrogens is 347 g/mol. The maximum atomic E-state index is 11.8. The molecule has 2 rings (SSSR count). The fourth-order valence-corrected chi connectivity index (χ4v) is 2.47. The van der Waals surface area contributed by atoms with Gasteiger partial charge < -0.3 is 10.6 Å². The van der Waals surface area contributed by atoms with Crippen molar-refractivity contribution in [1.29, 1.82) is 0 Å². The van der Waals surface area contributed by atoms with E-state index in [0.717, 1.165) is 11.1 Å². The smallest absolute Gasteiger partial charge is 0.239 e. The third-order valence-corrected chi connectivity index (χ3v) is 3.84. The van der Waals surface area contributed by atoms with Crippen LogP contribution in [-0.4, -0.2) is 24.9 Å². The number of amides is 2. The predicted molar refractivity (Wildman–Crippen MR) is 96.3 cm³/mol. The second-order valence-electron chi connectivity index (χ2n) is 5.31. The van der Waals surface area contributed by atoms with Crippen LogP contribution in [0.5, 0.6) is 0 Å². The fourth-order valence-electron chi connectivity index (χ4n) is 2.13. The van der Waals surface area contributed by atoms with Crippen molar-refractivity contribution in [2.24, 2.45) is 0 Å². The van der Waals surface area contributed by atoms with Crippen molar-refractivity contribution >= 4 is 35.0 Å². The molecule has 126 valence electrons. The van der Waals surface area contributed by atoms with Crippen LogP contribution in [0, 0.1) is 0 Å². The van der Waals surface area contributed by atoms with Crippen LogP contribution in [0.2, 0.25) is 10.0 Å². The fraction of sp³-hybridized carbons (Fsp3) is 0.222. The topological polar surface area (TPSA) is 58.2 Å². The van der Waals surface area contributed by atoms with E-state index in [4.69, 9.17) is 23.2 Å². The number of halogens is 2. The first-order chi connectivity index (χ1) is 11.5. The zero-order valence-electron chi connectivity index (χ0n) is 13.0. The Morgan fingerprint density at radius 1 is 0.833 bits per heavy atom. The summed E-state index contributed by atoms with van der Waals surface area (Å²) in [5.74, 6) is -0.427. The molecule has 0 unspecified atom stereocenters. The average molecular weight is 365 g/mol. The standard InChI is InChI=1S/C18H18Cl2N2O2/c19-15-6-4-14(5-7-15)11-17(23)22-12-18(24)21-9-8-13-2-1-3-16(20)10-13/h1-7,10H,8-9,11-12H2,(H,21,24)(H,22,23). The Labute approximate surface area is 151 Å². The molecule has 0 aliphatic carbocycles. The molecule has 2 N–H and O–H groups in total. The molecule has 0 aliphatic heterocycles. The molecule has 0 fully saturated rings. The number of hydrogen-bond acceptors (Lipinski definition) is 2. The maximum Gasteiger partial charge on any atom is 0.239 e. The number of benzene rings is 2. The van der Waals surface area contributed by atoms with Gasteiger partial charge in [0, 0.05) is 16.6 Å². The summed E-state index contributed by atoms with van der Waals surface area (Å²) in [4.78, 5) is 23.5. The van der Waals surface area contributed by atoms with E-state index in [1.165, 1.54) is 0 Å². The van der Waals surface area contributed by atoms with Crippen molar-refractivity contribution in [2.45, 2.75) is 12.8 Å². The molecule has 0 heterocycles. The summed E-state index contributed by atoms with van der Waals surface area (Å²) in [7, 11) is 0. The number of hydrogen-bond donors (Lipinski definition) is 2. The molecule has 0 aromatic heterocycles. The Bertz CT molecular complexity index is 702. The van der Waals surface area contributed by atoms with Crippen molar-refractivity contribution < 1.29 is 9.59 Å². The number of rotatable bonds is 7. The normalized spacial score (nSPS) is 10.2. The van der Waals surface area contributed by atoms with Gasteiger partial charge in [0.1, 0.15) is 0 Å². The minimum atomic E-state index is -0.221. The molecule has 0 atom stereocenters. The molecule has 24 heavy (non-hydrogen) atoms. The Kier molecular flexibility index (Phi) is 7.09. The van der Waals surface area contributed by atoms with E-state index >= 15 is 0 Å². The van der Waals surface area contributed by atoms with E-state index in [2.05, 4.69) is 10.6 Å². The molecule has 0 radical (unpaired) electrons. The Morgan fingerprint density at radius 2 is 1.58 bits per heavy atom. The van der Waals surface area contributed by atoms with E-state index in [-0.39, 0.29) is 24.8 Å². The molecule has 6 heteroatoms. The minimum Gasteiger partial charge on any atom is -0.354 e. The van der Waals surface area contributed by atoms with E-state index in [9.17, 15) is 9.59 Å². The van der Waals surface area contributed by atoms with Crippen molar-refractivity contribution in [2.75, 3.05) is 13.1 Å². The van der Waals surface area contributed by atoms with E-state index < -0.39 is 0 Å². The Morgan fingerprint density at radius 3 is 2.29 bits per heavy atom. The van der Waals surface area contributed by atoms with Gasteiger partial charge >= 0.3 is 0 Å². The first-order valence-electron chi connectivity index (χ1n) is 7.55. The van der Waals surface area contributed by atoms with Crippen LogP contribution in [0.3, 0.4) is 0 Å². The quantitative estimate of drug-likeness (QED) is 0.793. The lowest BCUT2D eigenvalue weighted by Gasteiger charge is -2.07. The largest absolute Gasteiger partial charge is 0.354 e. The zero-order chi connectivity index (χ0) is 17.4. The summed E-state index contributed by atoms with van der Waals surface area (Å²) in [6.07, 6.45) is 0.901. The molecular formula is C18H18Cl2N2O2. The lowest BCUT2D eigenvalue weighted by molar-refractivity contribution is -0.125. The first kappa shape index (κ1) is 18.3. The highest BCUT2D eigenvalue weighted by Gasteiger charge is 2.06. The molecule has 0 saturated carbocycles. The van der Waals surface area contributed by atoms with Crippen LogP contribution in [-0.2, 0) is 22.4 Å². The first-order valence-corrected chi connectivity index (χ1v) is 8.31. The summed E-state index contributed by atoms with van der Waals surface area (Å²) in [6, 6.07) is 14.5. The van der Waals surface area contributed by atoms with E-state index in [1.807, 2.05) is 18.2 Å². The van der Waals surface area contributed by atoms with E-state index in [1.54, 1.807) is 30.3 Å². The second-order valence-corrected chi connectivity index (χ2v) is 6.18. The van der Waals surface area contributed by atoms with Crippen LogP contribution >= 0.6 is 23.2 Å². The van der Waals surface area contributed by atoms with Crippen molar-refractivity contribution in [3.63, 3.8) is 0 Å². The molecule has 4 nitrogen and oxygen atoms in total. The van der Waals surface area contributed by atoms with Crippen LogP contribution in [0.4, 0.5) is 0 Å². The van der Waals surface area contributed by atoms with Crippen LogP contribution < -0.4 is 10.6 Å². The van der Waals surface area contributed by atoms with Gasteiger partial charge in [0.2, 0.25) is 11.8 Å². The van der Waals surface area contributed by atoms with Gasteiger partial charge in [-0.3, -0.25) is 9.59 Å². The number of carbonyl (C=O) groups is 2. The Hall–Kier alpha value is -2.04. The van der Waals surface area contributed by atoms with E-state index in [0.29, 0.717) is 23.0 Å². The highest BCUT2D eigenvalue weighted by molar-refractivity contribution is 6.30. The Balaban J connectivity index is 1.65. The third-order valence-electron chi connectivity index (χ3n) is 3.35. The van der Waals surface area contributed by atoms with Gasteiger partial charge in [0.25, 0.3) is 0 Å². The highest BCUT2D eigenvalue weighted by Crippen LogP contribution is 2.11. The van der Waals surface area contributed by atoms with Gasteiger partial charge in [0.15, 0.2) is 0 Å². The molecule has 2 amide bonds. The van der Waals surface area contributed by atoms with Gasteiger partial charge in [-0.05, 0) is 41.8 Å². The minimum absolute atomic E-state index is 0.0397. The average Bonchev–Trinajstić information content (AvgIpc) is 2.55. The van der Waals surface area contributed by atoms with Gasteiger partial charge in [-0.2, -0.15) is 0 Å². The maximum absolute atomic E-state index is 11.8. The summed E-state index contributed by atoms with van der Waals surface area (Å²) >= 11 is 11.7. The van der Waals surface area contributed by atoms with Crippen molar-refractivity contribution in [3.8, 4) is 0 Å². The van der Waals surface area contributed by atoms with Gasteiger partial charge in [0.05, 0.1) is 13.0 Å². The van der Waals surface area contributed by atoms with Crippen molar-refractivity contribution in [1.82, 2.24) is 10.6 Å². The summed E-state index contributed by atoms with van der Waals surface area (Å²) in [6.45, 7) is 0.453. The van der Waals surface area contributed by atoms with Gasteiger partial charge in [-0.1, -0.05) is 47.5 Å². The molecule has 0 spiro atoms. The molecule has 0 bridgehead atoms. The van der Waals surface area contributed by atoms with Crippen LogP contribution in [0.15, 0.2) is 48.5 Å². The van der Waals surface area contributed by atoms with Crippen molar-refractivity contribution in [3.05, 3.63) is 69.7 Å². The highest BCUT2D eigenvalue weighted by atomic mass is 35.5. The lowest BCUT2D eigenvalue weighted by atomic mass is 10.1. The summed E-state index contributed by atoms with van der Waals surface area (Å²) in [5.41, 5.74) is 1.90. The summed E-state index contributed by atoms with van der Waals surface area (Å²) in [5, 5.41) is 6.66. The van der Waals surface area contributed by atoms with Gasteiger partial charge in [-0.25, -0.2) is 0 Å². The van der Waals surface area contributed by atoms with Gasteiger partial charge in [-0.15, -0.1) is 0 Å². The second kappa shape index (κ2) is 9.30. The van der Waals surface area contributed by atoms with Crippen LogP contribution in [0.1, 0.15) is 11.1 Å². The number of nitrogens with one attached hydrogen (secondary N) is 2. The summed E-state index contributed by atoms with van der Waals surface area (Å²) < 4.78 is 0. The lowest BCUT2D eigenvalue weighted by Crippen LogP contribution is -2.38. The van der Waals surface area contributed by atoms with Crippen LogP contribution in [0.25, 0.3) is 0 Å². The number of carbonyl (C=O) groups excluding carboxylic acids is 2. The third kappa shape index (κ3) is 6.60. The molecule has 2 aromatic carbocycles. The monoisotopic (exact) mass is 364 g/mol. The molecule has 0 aliphatic rings. The molecule has 2 aromatic rings. The SMILES string of the molecule is O=C(CNC(=O)Cc1ccc(Cl)cc1)NCCc1cccc(Cl)c1.